The van der Waals surface area contributed by atoms with E-state index >= 15 is 0 Å². The summed E-state index contributed by atoms with van der Waals surface area (Å²) in [6.07, 6.45) is 5.75. The number of phenols is 1. The lowest BCUT2D eigenvalue weighted by molar-refractivity contribution is -0.142. The molecule has 0 aliphatic carbocycles. The molecule has 2 aromatic heterocycles. The fourth-order valence-electron chi connectivity index (χ4n) is 9.93. The molecule has 0 bridgehead atoms. The second-order valence-electron chi connectivity index (χ2n) is 21.3. The summed E-state index contributed by atoms with van der Waals surface area (Å²) in [6.45, 7) is 6.52. The molecule has 28 nitrogen and oxygen atoms in total. The first-order chi connectivity index (χ1) is 40.1. The molecule has 2 saturated heterocycles. The number of nitrogens with zero attached hydrogens (tertiary/aromatic N) is 3. The standard InChI is InChI=1S/C56H78N16O12/c1-5-60-54(83)45-13-9-21-72(45)55(84)39(12-8-20-61-56(57)58)66-50(79)40(22-30(2)3)67-47(76)31(4)64-49(78)41(23-32-14-16-35(74)17-15-32)68-53(82)44(28-73)71-51(80)42(24-33-26-62-37-11-7-6-10-36(33)37)69-52(81)43(25-34-27-59-29-63-34)70-48(77)38-18-19-46(75)65-38/h6-7,10-11,14-17,26-27,29-31,38-45,62,73-74H,5,8-9,12-13,18-25,28H2,1-4H3,(H,59,63)(H,60,83)(H,64,78)(H,65,75)(H,66,79)(H,67,76)(H,68,82)(H,69,81)(H,70,77)(H,71,80)(H4,57,58,61)/t31-,38?,39+,40+,41+,42+,43+,44?,45+/m1/s1. The van der Waals surface area contributed by atoms with Crippen LogP contribution in [0.2, 0.25) is 0 Å². The Morgan fingerprint density at radius 1 is 0.738 bits per heavy atom. The number of aromatic nitrogens is 3. The number of rotatable bonds is 30. The van der Waals surface area contributed by atoms with Gasteiger partial charge in [-0.05, 0) is 87.6 Å². The topological polar surface area (TPSA) is 432 Å². The number of guanidine groups is 1. The largest absolute Gasteiger partial charge is 0.508 e. The normalized spacial score (nSPS) is 17.3. The Kier molecular flexibility index (Phi) is 23.5. The van der Waals surface area contributed by atoms with E-state index in [9.17, 15) is 58.2 Å². The van der Waals surface area contributed by atoms with Crippen LogP contribution in [0.3, 0.4) is 0 Å². The maximum Gasteiger partial charge on any atom is 0.245 e. The van der Waals surface area contributed by atoms with E-state index in [1.54, 1.807) is 31.3 Å². The predicted octanol–water partition coefficient (Wildman–Crippen LogP) is -2.46. The minimum Gasteiger partial charge on any atom is -0.508 e. The number of hydrogen-bond donors (Lipinski definition) is 15. The van der Waals surface area contributed by atoms with Crippen molar-refractivity contribution in [3.8, 4) is 5.75 Å². The first-order valence-corrected chi connectivity index (χ1v) is 28.1. The summed E-state index contributed by atoms with van der Waals surface area (Å²) in [6, 6.07) is 1.50. The molecular formula is C56H78N16O12. The molecule has 6 rings (SSSR count). The van der Waals surface area contributed by atoms with E-state index < -0.39 is 108 Å². The Hall–Kier alpha value is -9.08. The third-order valence-electron chi connectivity index (χ3n) is 14.3. The number of aromatic hydroxyl groups is 1. The number of phenolic OH excluding ortho intramolecular Hbond substituents is 1. The Bertz CT molecular complexity index is 2980. The van der Waals surface area contributed by atoms with Gasteiger partial charge in [-0.2, -0.15) is 0 Å². The molecule has 9 atom stereocenters. The number of benzene rings is 2. The molecule has 4 heterocycles. The maximum absolute atomic E-state index is 14.5. The number of aliphatic hydroxyl groups is 1. The molecular weight excluding hydrogens is 1090 g/mol. The zero-order valence-electron chi connectivity index (χ0n) is 47.5. The lowest BCUT2D eigenvalue weighted by Gasteiger charge is -2.30. The number of amides is 10. The molecule has 2 fully saturated rings. The van der Waals surface area contributed by atoms with Crippen molar-refractivity contribution in [2.75, 3.05) is 26.2 Å². The number of carbonyl (C=O) groups excluding carboxylic acids is 10. The van der Waals surface area contributed by atoms with Gasteiger partial charge in [-0.1, -0.05) is 44.2 Å². The number of aliphatic imine (C=N–C) groups is 1. The third-order valence-corrected chi connectivity index (χ3v) is 14.3. The number of likely N-dealkylation sites (tertiary alicyclic amines) is 1. The lowest BCUT2D eigenvalue weighted by Crippen LogP contribution is -2.61. The average molecular weight is 1170 g/mol. The number of aromatic amines is 2. The van der Waals surface area contributed by atoms with Crippen LogP contribution in [-0.2, 0) is 67.2 Å². The molecule has 2 aromatic carbocycles. The lowest BCUT2D eigenvalue weighted by atomic mass is 10.0. The predicted molar refractivity (Wildman–Crippen MR) is 306 cm³/mol. The monoisotopic (exact) mass is 1170 g/mol. The van der Waals surface area contributed by atoms with Gasteiger partial charge in [0.1, 0.15) is 60.1 Å². The summed E-state index contributed by atoms with van der Waals surface area (Å²) in [5.74, 6) is -7.43. The van der Waals surface area contributed by atoms with Gasteiger partial charge in [0.15, 0.2) is 5.96 Å². The van der Waals surface area contributed by atoms with Gasteiger partial charge in [0, 0.05) is 74.3 Å². The number of nitrogens with two attached hydrogens (primary N) is 2. The molecule has 28 heteroatoms. The summed E-state index contributed by atoms with van der Waals surface area (Å²) in [5, 5.41) is 45.3. The van der Waals surface area contributed by atoms with Gasteiger partial charge < -0.3 is 84.4 Å². The average Bonchev–Trinajstić information content (AvgIpc) is 4.48. The van der Waals surface area contributed by atoms with Gasteiger partial charge in [-0.25, -0.2) is 4.98 Å². The van der Waals surface area contributed by atoms with Crippen LogP contribution in [0.4, 0.5) is 0 Å². The summed E-state index contributed by atoms with van der Waals surface area (Å²) in [4.78, 5) is 153. The van der Waals surface area contributed by atoms with E-state index in [1.165, 1.54) is 48.6 Å². The minimum atomic E-state index is -1.75. The number of para-hydroxylation sites is 1. The van der Waals surface area contributed by atoms with Gasteiger partial charge in [0.25, 0.3) is 0 Å². The van der Waals surface area contributed by atoms with Crippen LogP contribution < -0.4 is 59.3 Å². The fraction of sp³-hybridized carbons (Fsp3) is 0.500. The highest BCUT2D eigenvalue weighted by Gasteiger charge is 2.39. The molecule has 17 N–H and O–H groups in total. The number of H-pyrrole nitrogens is 2. The number of hydrogen-bond acceptors (Lipinski definition) is 14. The van der Waals surface area contributed by atoms with E-state index in [2.05, 4.69) is 67.8 Å². The second-order valence-corrected chi connectivity index (χ2v) is 21.3. The van der Waals surface area contributed by atoms with Crippen LogP contribution in [0, 0.1) is 5.92 Å². The Balaban J connectivity index is 1.18. The minimum absolute atomic E-state index is 0.0879. The molecule has 454 valence electrons. The first-order valence-electron chi connectivity index (χ1n) is 28.1. The number of nitrogens with one attached hydrogen (secondary N) is 11. The summed E-state index contributed by atoms with van der Waals surface area (Å²) in [5.41, 5.74) is 13.2. The quantitative estimate of drug-likeness (QED) is 0.0146. The van der Waals surface area contributed by atoms with Gasteiger partial charge >= 0.3 is 0 Å². The van der Waals surface area contributed by atoms with Crippen LogP contribution in [0.5, 0.6) is 5.75 Å². The van der Waals surface area contributed by atoms with Crippen molar-refractivity contribution in [1.29, 1.82) is 0 Å². The van der Waals surface area contributed by atoms with Crippen molar-refractivity contribution in [3.63, 3.8) is 0 Å². The number of aliphatic hydroxyl groups excluding tert-OH is 1. The number of likely N-dealkylation sites (N-methyl/N-ethyl adjacent to an activating group) is 1. The first kappa shape index (κ1) is 64.1. The Morgan fingerprint density at radius 3 is 2.01 bits per heavy atom. The molecule has 10 amide bonds. The number of imidazole rings is 1. The number of carbonyl (C=O) groups is 10. The fourth-order valence-corrected chi connectivity index (χ4v) is 9.93. The van der Waals surface area contributed by atoms with Crippen LogP contribution >= 0.6 is 0 Å². The van der Waals surface area contributed by atoms with Crippen molar-refractivity contribution in [3.05, 3.63) is 84.1 Å². The summed E-state index contributed by atoms with van der Waals surface area (Å²) < 4.78 is 0. The highest BCUT2D eigenvalue weighted by molar-refractivity contribution is 5.99. The van der Waals surface area contributed by atoms with E-state index in [4.69, 9.17) is 11.5 Å². The maximum atomic E-state index is 14.5. The third kappa shape index (κ3) is 18.5. The van der Waals surface area contributed by atoms with Crippen molar-refractivity contribution in [1.82, 2.24) is 67.7 Å². The van der Waals surface area contributed by atoms with Crippen LogP contribution in [0.25, 0.3) is 10.9 Å². The molecule has 0 radical (unpaired) electrons. The SMILES string of the molecule is CCNC(=O)[C@@H]1CCCN1C(=O)[C@H](CCCN=C(N)N)NC(=O)[C@H](CC(C)C)NC(=O)[C@@H](C)NC(=O)[C@H](Cc1ccc(O)cc1)NC(=O)C(CO)NC(=O)[C@H](Cc1c[nH]c2ccccc12)NC(=O)[C@H](Cc1cnc[nH]1)NC(=O)C1CCC(=O)N1. The highest BCUT2D eigenvalue weighted by atomic mass is 16.3. The van der Waals surface area contributed by atoms with E-state index in [0.29, 0.717) is 41.6 Å². The highest BCUT2D eigenvalue weighted by Crippen LogP contribution is 2.22. The van der Waals surface area contributed by atoms with E-state index in [-0.39, 0.29) is 93.9 Å². The van der Waals surface area contributed by atoms with Crippen LogP contribution in [-0.4, -0.2) is 176 Å². The number of fused-ring (bicyclic) bond motifs is 1. The van der Waals surface area contributed by atoms with Gasteiger partial charge in [0.05, 0.1) is 12.9 Å². The molecule has 0 spiro atoms. The van der Waals surface area contributed by atoms with Crippen LogP contribution in [0.1, 0.15) is 89.5 Å². The Morgan fingerprint density at radius 2 is 1.37 bits per heavy atom. The van der Waals surface area contributed by atoms with Crippen molar-refractivity contribution >= 4 is 75.9 Å². The van der Waals surface area contributed by atoms with Crippen molar-refractivity contribution in [2.24, 2.45) is 22.4 Å². The summed E-state index contributed by atoms with van der Waals surface area (Å²) in [7, 11) is 0. The Labute approximate surface area is 485 Å². The second kappa shape index (κ2) is 30.8. The van der Waals surface area contributed by atoms with Crippen molar-refractivity contribution in [2.45, 2.75) is 146 Å². The smallest absolute Gasteiger partial charge is 0.245 e. The molecule has 4 aromatic rings. The van der Waals surface area contributed by atoms with E-state index in [1.807, 2.05) is 19.9 Å². The van der Waals surface area contributed by atoms with E-state index in [0.717, 1.165) is 5.52 Å². The summed E-state index contributed by atoms with van der Waals surface area (Å²) >= 11 is 0. The molecule has 0 saturated carbocycles. The molecule has 84 heavy (non-hydrogen) atoms. The van der Waals surface area contributed by atoms with Crippen LogP contribution in [0.15, 0.2) is 72.2 Å². The van der Waals surface area contributed by atoms with Crippen molar-refractivity contribution < 1.29 is 58.2 Å². The molecule has 2 unspecified atom stereocenters. The zero-order chi connectivity index (χ0) is 61.0. The van der Waals surface area contributed by atoms with Gasteiger partial charge in [0.2, 0.25) is 59.1 Å². The molecule has 2 aliphatic rings. The molecule has 2 aliphatic heterocycles. The zero-order valence-corrected chi connectivity index (χ0v) is 47.5. The van der Waals surface area contributed by atoms with Gasteiger partial charge in [-0.3, -0.25) is 52.9 Å². The van der Waals surface area contributed by atoms with Gasteiger partial charge in [-0.15, -0.1) is 0 Å².